The molecule has 0 bridgehead atoms. The minimum absolute atomic E-state index is 0.00910. The third-order valence-corrected chi connectivity index (χ3v) is 3.04. The maximum atomic E-state index is 9.15. The van der Waals surface area contributed by atoms with Gasteiger partial charge in [0.05, 0.1) is 12.1 Å². The van der Waals surface area contributed by atoms with Crippen LogP contribution in [0.4, 0.5) is 5.69 Å². The summed E-state index contributed by atoms with van der Waals surface area (Å²) in [6.07, 6.45) is 1.69. The van der Waals surface area contributed by atoms with Gasteiger partial charge in [-0.3, -0.25) is 4.98 Å². The van der Waals surface area contributed by atoms with Gasteiger partial charge >= 0.3 is 0 Å². The van der Waals surface area contributed by atoms with Crippen molar-refractivity contribution >= 4 is 16.6 Å². The monoisotopic (exact) mass is 266 g/mol. The van der Waals surface area contributed by atoms with Crippen LogP contribution in [0.5, 0.6) is 11.5 Å². The first kappa shape index (κ1) is 12.4. The van der Waals surface area contributed by atoms with E-state index in [0.717, 1.165) is 16.5 Å². The number of nitrogens with two attached hydrogens (primary N) is 1. The van der Waals surface area contributed by atoms with E-state index in [1.54, 1.807) is 6.20 Å². The molecular formula is C16H14N2O2. The number of anilines is 1. The molecule has 0 aliphatic heterocycles. The van der Waals surface area contributed by atoms with Crippen molar-refractivity contribution in [2.24, 2.45) is 0 Å². The molecule has 3 rings (SSSR count). The van der Waals surface area contributed by atoms with Gasteiger partial charge in [0.2, 0.25) is 0 Å². The number of hydrogen-bond donors (Lipinski definition) is 2. The highest BCUT2D eigenvalue weighted by Crippen LogP contribution is 2.29. The molecule has 0 amide bonds. The molecule has 4 heteroatoms. The van der Waals surface area contributed by atoms with Gasteiger partial charge in [0.15, 0.2) is 0 Å². The number of aliphatic hydroxyl groups is 1. The Morgan fingerprint density at radius 3 is 2.85 bits per heavy atom. The molecule has 0 saturated carbocycles. The number of aliphatic hydroxyl groups excluding tert-OH is 1. The van der Waals surface area contributed by atoms with Gasteiger partial charge in [-0.05, 0) is 42.0 Å². The first-order chi connectivity index (χ1) is 9.76. The Kier molecular flexibility index (Phi) is 3.23. The van der Waals surface area contributed by atoms with E-state index in [0.29, 0.717) is 17.2 Å². The van der Waals surface area contributed by atoms with E-state index in [1.165, 1.54) is 0 Å². The van der Waals surface area contributed by atoms with Gasteiger partial charge in [0, 0.05) is 17.3 Å². The van der Waals surface area contributed by atoms with Gasteiger partial charge in [0.1, 0.15) is 11.5 Å². The van der Waals surface area contributed by atoms with E-state index in [9.17, 15) is 0 Å². The maximum Gasteiger partial charge on any atom is 0.138 e. The van der Waals surface area contributed by atoms with E-state index in [2.05, 4.69) is 4.98 Å². The van der Waals surface area contributed by atoms with Crippen molar-refractivity contribution in [1.29, 1.82) is 0 Å². The molecule has 0 saturated heterocycles. The van der Waals surface area contributed by atoms with Crippen LogP contribution in [0.25, 0.3) is 10.9 Å². The number of benzene rings is 2. The zero-order valence-corrected chi connectivity index (χ0v) is 10.8. The van der Waals surface area contributed by atoms with E-state index in [-0.39, 0.29) is 6.61 Å². The lowest BCUT2D eigenvalue weighted by atomic mass is 10.2. The molecule has 0 atom stereocenters. The third kappa shape index (κ3) is 2.41. The number of nitrogens with zero attached hydrogens (tertiary/aromatic N) is 1. The van der Waals surface area contributed by atoms with Crippen LogP contribution in [0.1, 0.15) is 5.56 Å². The average molecular weight is 266 g/mol. The molecule has 1 heterocycles. The van der Waals surface area contributed by atoms with Crippen molar-refractivity contribution in [1.82, 2.24) is 4.98 Å². The molecule has 20 heavy (non-hydrogen) atoms. The Labute approximate surface area is 116 Å². The fraction of sp³-hybridized carbons (Fsp3) is 0.0625. The minimum Gasteiger partial charge on any atom is -0.457 e. The molecule has 100 valence electrons. The van der Waals surface area contributed by atoms with E-state index < -0.39 is 0 Å². The molecule has 0 unspecified atom stereocenters. The summed E-state index contributed by atoms with van der Waals surface area (Å²) in [5, 5.41) is 10.1. The summed E-state index contributed by atoms with van der Waals surface area (Å²) >= 11 is 0. The lowest BCUT2D eigenvalue weighted by Crippen LogP contribution is -1.91. The summed E-state index contributed by atoms with van der Waals surface area (Å²) in [5.41, 5.74) is 8.03. The lowest BCUT2D eigenvalue weighted by molar-refractivity contribution is 0.281. The number of ether oxygens (including phenoxy) is 1. The van der Waals surface area contributed by atoms with Crippen LogP contribution < -0.4 is 10.5 Å². The predicted molar refractivity (Wildman–Crippen MR) is 78.6 cm³/mol. The molecule has 0 aliphatic carbocycles. The smallest absolute Gasteiger partial charge is 0.138 e. The summed E-state index contributed by atoms with van der Waals surface area (Å²) in [5.74, 6) is 1.39. The van der Waals surface area contributed by atoms with Crippen LogP contribution in [0.2, 0.25) is 0 Å². The predicted octanol–water partition coefficient (Wildman–Crippen LogP) is 3.10. The topological polar surface area (TPSA) is 68.4 Å². The zero-order valence-electron chi connectivity index (χ0n) is 10.8. The average Bonchev–Trinajstić information content (AvgIpc) is 2.47. The van der Waals surface area contributed by atoms with Crippen molar-refractivity contribution < 1.29 is 9.84 Å². The van der Waals surface area contributed by atoms with Gasteiger partial charge < -0.3 is 15.6 Å². The standard InChI is InChI=1S/C16H14N2O2/c17-12-4-5-14-15(9-12)18-7-6-16(14)20-13-3-1-2-11(8-13)10-19/h1-9,19H,10,17H2. The molecule has 3 N–H and O–H groups in total. The number of fused-ring (bicyclic) bond motifs is 1. The van der Waals surface area contributed by atoms with Gasteiger partial charge in [-0.25, -0.2) is 0 Å². The lowest BCUT2D eigenvalue weighted by Gasteiger charge is -2.09. The van der Waals surface area contributed by atoms with E-state index >= 15 is 0 Å². The first-order valence-electron chi connectivity index (χ1n) is 6.28. The number of pyridine rings is 1. The highest BCUT2D eigenvalue weighted by Gasteiger charge is 2.05. The molecule has 3 aromatic rings. The third-order valence-electron chi connectivity index (χ3n) is 3.04. The van der Waals surface area contributed by atoms with Crippen molar-refractivity contribution in [2.75, 3.05) is 5.73 Å². The second kappa shape index (κ2) is 5.19. The summed E-state index contributed by atoms with van der Waals surface area (Å²) < 4.78 is 5.88. The van der Waals surface area contributed by atoms with Gasteiger partial charge in [-0.15, -0.1) is 0 Å². The van der Waals surface area contributed by atoms with Crippen molar-refractivity contribution in [2.45, 2.75) is 6.61 Å². The van der Waals surface area contributed by atoms with E-state index in [1.807, 2.05) is 48.5 Å². The van der Waals surface area contributed by atoms with Crippen LogP contribution in [0.15, 0.2) is 54.7 Å². The maximum absolute atomic E-state index is 9.15. The summed E-state index contributed by atoms with van der Waals surface area (Å²) in [7, 11) is 0. The number of aromatic nitrogens is 1. The Bertz CT molecular complexity index is 756. The largest absolute Gasteiger partial charge is 0.457 e. The number of nitrogen functional groups attached to an aromatic ring is 1. The SMILES string of the molecule is Nc1ccc2c(Oc3cccc(CO)c3)ccnc2c1. The molecule has 0 radical (unpaired) electrons. The molecule has 1 aromatic heterocycles. The molecular weight excluding hydrogens is 252 g/mol. The second-order valence-corrected chi connectivity index (χ2v) is 4.49. The van der Waals surface area contributed by atoms with E-state index in [4.69, 9.17) is 15.6 Å². The summed E-state index contributed by atoms with van der Waals surface area (Å²) in [6, 6.07) is 14.7. The Hall–Kier alpha value is -2.59. The Morgan fingerprint density at radius 1 is 1.10 bits per heavy atom. The van der Waals surface area contributed by atoms with Crippen molar-refractivity contribution in [3.05, 3.63) is 60.3 Å². The summed E-state index contributed by atoms with van der Waals surface area (Å²) in [4.78, 5) is 4.28. The van der Waals surface area contributed by atoms with Crippen molar-refractivity contribution in [3.8, 4) is 11.5 Å². The quantitative estimate of drug-likeness (QED) is 0.715. The van der Waals surface area contributed by atoms with Crippen LogP contribution in [-0.2, 0) is 6.61 Å². The van der Waals surface area contributed by atoms with Gasteiger partial charge in [0.25, 0.3) is 0 Å². The molecule has 2 aromatic carbocycles. The van der Waals surface area contributed by atoms with Crippen molar-refractivity contribution in [3.63, 3.8) is 0 Å². The fourth-order valence-electron chi connectivity index (χ4n) is 2.06. The van der Waals surface area contributed by atoms with Gasteiger partial charge in [-0.2, -0.15) is 0 Å². The first-order valence-corrected chi connectivity index (χ1v) is 6.28. The number of hydrogen-bond acceptors (Lipinski definition) is 4. The fourth-order valence-corrected chi connectivity index (χ4v) is 2.06. The molecule has 0 aliphatic rings. The van der Waals surface area contributed by atoms with Crippen LogP contribution in [0, 0.1) is 0 Å². The minimum atomic E-state index is -0.00910. The molecule has 0 spiro atoms. The van der Waals surface area contributed by atoms with Gasteiger partial charge in [-0.1, -0.05) is 12.1 Å². The Morgan fingerprint density at radius 2 is 2.00 bits per heavy atom. The summed E-state index contributed by atoms with van der Waals surface area (Å²) in [6.45, 7) is -0.00910. The van der Waals surface area contributed by atoms with Crippen LogP contribution in [-0.4, -0.2) is 10.1 Å². The zero-order chi connectivity index (χ0) is 13.9. The number of rotatable bonds is 3. The Balaban J connectivity index is 2.02. The highest BCUT2D eigenvalue weighted by atomic mass is 16.5. The van der Waals surface area contributed by atoms with Crippen LogP contribution >= 0.6 is 0 Å². The molecule has 0 fully saturated rings. The normalized spacial score (nSPS) is 10.7. The molecule has 4 nitrogen and oxygen atoms in total. The highest BCUT2D eigenvalue weighted by molar-refractivity contribution is 5.87. The second-order valence-electron chi connectivity index (χ2n) is 4.49. The van der Waals surface area contributed by atoms with Crippen LogP contribution in [0.3, 0.4) is 0 Å².